The highest BCUT2D eigenvalue weighted by Gasteiger charge is 2.15. The minimum absolute atomic E-state index is 0.0642. The third kappa shape index (κ3) is 6.06. The van der Waals surface area contributed by atoms with Gasteiger partial charge in [-0.1, -0.05) is 18.2 Å². The van der Waals surface area contributed by atoms with E-state index >= 15 is 0 Å². The molecule has 0 unspecified atom stereocenters. The maximum Gasteiger partial charge on any atom is 0.264 e. The summed E-state index contributed by atoms with van der Waals surface area (Å²) in [7, 11) is -3.69. The summed E-state index contributed by atoms with van der Waals surface area (Å²) in [5.41, 5.74) is 12.9. The van der Waals surface area contributed by atoms with Gasteiger partial charge in [-0.25, -0.2) is 23.1 Å². The summed E-state index contributed by atoms with van der Waals surface area (Å²) in [6, 6.07) is 16.4. The highest BCUT2D eigenvalue weighted by molar-refractivity contribution is 7.92. The van der Waals surface area contributed by atoms with Crippen molar-refractivity contribution in [2.45, 2.75) is 18.7 Å². The SMILES string of the molecule is Cc1cc(C)nc(NS(=O)(=O)c2ccc(N)cc2)n1.NC(=O)c1ccccc1. The highest BCUT2D eigenvalue weighted by Crippen LogP contribution is 2.15. The summed E-state index contributed by atoms with van der Waals surface area (Å²) < 4.78 is 26.6. The maximum absolute atomic E-state index is 12.1. The molecule has 8 nitrogen and oxygen atoms in total. The molecule has 0 atom stereocenters. The average molecular weight is 399 g/mol. The Labute approximate surface area is 163 Å². The molecule has 1 aromatic heterocycles. The lowest BCUT2D eigenvalue weighted by atomic mass is 10.2. The smallest absolute Gasteiger partial charge is 0.264 e. The Balaban J connectivity index is 0.000000261. The molecule has 3 rings (SSSR count). The van der Waals surface area contributed by atoms with E-state index in [1.807, 2.05) is 6.07 Å². The van der Waals surface area contributed by atoms with Crippen LogP contribution < -0.4 is 16.2 Å². The van der Waals surface area contributed by atoms with Gasteiger partial charge < -0.3 is 11.5 Å². The molecule has 9 heteroatoms. The van der Waals surface area contributed by atoms with Crippen LogP contribution in [0.5, 0.6) is 0 Å². The number of nitrogens with two attached hydrogens (primary N) is 2. The summed E-state index contributed by atoms with van der Waals surface area (Å²) in [5, 5.41) is 0. The number of carbonyl (C=O) groups is 1. The third-order valence-corrected chi connectivity index (χ3v) is 4.80. The summed E-state index contributed by atoms with van der Waals surface area (Å²) in [5.74, 6) is -0.315. The zero-order valence-electron chi connectivity index (χ0n) is 15.5. The van der Waals surface area contributed by atoms with Gasteiger partial charge in [-0.05, 0) is 56.3 Å². The molecule has 1 heterocycles. The van der Waals surface area contributed by atoms with Crippen LogP contribution >= 0.6 is 0 Å². The lowest BCUT2D eigenvalue weighted by Crippen LogP contribution is -2.15. The first-order valence-corrected chi connectivity index (χ1v) is 9.71. The van der Waals surface area contributed by atoms with Crippen LogP contribution in [0.2, 0.25) is 0 Å². The number of amides is 1. The van der Waals surface area contributed by atoms with Gasteiger partial charge in [-0.3, -0.25) is 4.79 Å². The van der Waals surface area contributed by atoms with Gasteiger partial charge in [-0.2, -0.15) is 0 Å². The van der Waals surface area contributed by atoms with E-state index in [0.29, 0.717) is 22.6 Å². The molecule has 146 valence electrons. The number of hydrogen-bond acceptors (Lipinski definition) is 6. The number of nitrogen functional groups attached to an aromatic ring is 1. The monoisotopic (exact) mass is 399 g/mol. The van der Waals surface area contributed by atoms with Gasteiger partial charge in [0.15, 0.2) is 0 Å². The minimum Gasteiger partial charge on any atom is -0.399 e. The summed E-state index contributed by atoms with van der Waals surface area (Å²) in [6.45, 7) is 3.55. The first-order chi connectivity index (χ1) is 13.2. The van der Waals surface area contributed by atoms with Crippen molar-refractivity contribution in [1.29, 1.82) is 0 Å². The van der Waals surface area contributed by atoms with Crippen LogP contribution in [0.1, 0.15) is 21.7 Å². The Kier molecular flexibility index (Phi) is 6.67. The average Bonchev–Trinajstić information content (AvgIpc) is 2.62. The molecule has 0 fully saturated rings. The van der Waals surface area contributed by atoms with Crippen molar-refractivity contribution >= 4 is 27.6 Å². The summed E-state index contributed by atoms with van der Waals surface area (Å²) in [4.78, 5) is 18.6. The van der Waals surface area contributed by atoms with E-state index in [1.54, 1.807) is 44.2 Å². The number of carbonyl (C=O) groups excluding carboxylic acids is 1. The lowest BCUT2D eigenvalue weighted by molar-refractivity contribution is 0.100. The molecule has 0 aliphatic heterocycles. The van der Waals surface area contributed by atoms with Gasteiger partial charge in [0, 0.05) is 22.6 Å². The molecular formula is C19H21N5O3S. The normalized spacial score (nSPS) is 10.5. The first kappa shape index (κ1) is 20.8. The molecule has 28 heavy (non-hydrogen) atoms. The number of sulfonamides is 1. The van der Waals surface area contributed by atoms with Crippen LogP contribution in [0.4, 0.5) is 11.6 Å². The third-order valence-electron chi connectivity index (χ3n) is 3.46. The molecule has 5 N–H and O–H groups in total. The van der Waals surface area contributed by atoms with Crippen LogP contribution in [-0.4, -0.2) is 24.3 Å². The van der Waals surface area contributed by atoms with Crippen LogP contribution in [0, 0.1) is 13.8 Å². The molecule has 2 aromatic carbocycles. The lowest BCUT2D eigenvalue weighted by Gasteiger charge is -2.08. The number of aromatic nitrogens is 2. The Morgan fingerprint density at radius 1 is 0.929 bits per heavy atom. The van der Waals surface area contributed by atoms with E-state index in [4.69, 9.17) is 11.5 Å². The number of hydrogen-bond donors (Lipinski definition) is 3. The molecular weight excluding hydrogens is 378 g/mol. The van der Waals surface area contributed by atoms with Crippen LogP contribution in [0.15, 0.2) is 65.6 Å². The van der Waals surface area contributed by atoms with E-state index < -0.39 is 10.0 Å². The second-order valence-corrected chi connectivity index (χ2v) is 7.56. The molecule has 0 aliphatic carbocycles. The van der Waals surface area contributed by atoms with Crippen LogP contribution in [0.3, 0.4) is 0 Å². The number of nitrogens with one attached hydrogen (secondary N) is 1. The Morgan fingerprint density at radius 3 is 1.93 bits per heavy atom. The van der Waals surface area contributed by atoms with E-state index in [9.17, 15) is 13.2 Å². The fourth-order valence-corrected chi connectivity index (χ4v) is 3.14. The summed E-state index contributed by atoms with van der Waals surface area (Å²) in [6.07, 6.45) is 0. The Bertz CT molecular complexity index is 1030. The van der Waals surface area contributed by atoms with Gasteiger partial charge in [0.25, 0.3) is 10.0 Å². The number of aryl methyl sites for hydroxylation is 2. The molecule has 0 aliphatic rings. The van der Waals surface area contributed by atoms with E-state index in [-0.39, 0.29) is 16.8 Å². The Hall–Kier alpha value is -3.46. The standard InChI is InChI=1S/C12H14N4O2S.C7H7NO/c1-8-7-9(2)15-12(14-8)16-19(17,18)11-5-3-10(13)4-6-11;8-7(9)6-4-2-1-3-5-6/h3-7H,13H2,1-2H3,(H,14,15,16);1-5H,(H2,8,9). The second kappa shape index (κ2) is 8.96. The quantitative estimate of drug-likeness (QED) is 0.575. The predicted molar refractivity (Wildman–Crippen MR) is 108 cm³/mol. The number of benzene rings is 2. The Morgan fingerprint density at radius 2 is 1.46 bits per heavy atom. The van der Waals surface area contributed by atoms with Gasteiger partial charge in [0.2, 0.25) is 11.9 Å². The van der Waals surface area contributed by atoms with Crippen LogP contribution in [0.25, 0.3) is 0 Å². The van der Waals surface area contributed by atoms with Gasteiger partial charge >= 0.3 is 0 Å². The molecule has 0 bridgehead atoms. The number of rotatable bonds is 4. The van der Waals surface area contributed by atoms with Crippen molar-refractivity contribution < 1.29 is 13.2 Å². The van der Waals surface area contributed by atoms with Crippen molar-refractivity contribution in [3.63, 3.8) is 0 Å². The molecule has 0 radical (unpaired) electrons. The zero-order valence-corrected chi connectivity index (χ0v) is 16.3. The van der Waals surface area contributed by atoms with Gasteiger partial charge in [-0.15, -0.1) is 0 Å². The number of primary amides is 1. The van der Waals surface area contributed by atoms with E-state index in [2.05, 4.69) is 14.7 Å². The van der Waals surface area contributed by atoms with Gasteiger partial charge in [0.05, 0.1) is 4.90 Å². The fourth-order valence-electron chi connectivity index (χ4n) is 2.20. The topological polar surface area (TPSA) is 141 Å². The van der Waals surface area contributed by atoms with Crippen molar-refractivity contribution in [2.75, 3.05) is 10.5 Å². The minimum atomic E-state index is -3.69. The second-order valence-electron chi connectivity index (χ2n) is 5.88. The van der Waals surface area contributed by atoms with E-state index in [0.717, 1.165) is 0 Å². The maximum atomic E-state index is 12.1. The summed E-state index contributed by atoms with van der Waals surface area (Å²) >= 11 is 0. The largest absolute Gasteiger partial charge is 0.399 e. The van der Waals surface area contributed by atoms with Crippen molar-refractivity contribution in [2.24, 2.45) is 5.73 Å². The van der Waals surface area contributed by atoms with Crippen molar-refractivity contribution in [1.82, 2.24) is 9.97 Å². The predicted octanol–water partition coefficient (Wildman–Crippen LogP) is 2.26. The molecule has 3 aromatic rings. The fraction of sp³-hybridized carbons (Fsp3) is 0.105. The van der Waals surface area contributed by atoms with Gasteiger partial charge in [0.1, 0.15) is 0 Å². The first-order valence-electron chi connectivity index (χ1n) is 8.23. The van der Waals surface area contributed by atoms with Crippen LogP contribution in [-0.2, 0) is 10.0 Å². The highest BCUT2D eigenvalue weighted by atomic mass is 32.2. The zero-order chi connectivity index (χ0) is 20.7. The van der Waals surface area contributed by atoms with Crippen molar-refractivity contribution in [3.05, 3.63) is 77.6 Å². The van der Waals surface area contributed by atoms with E-state index in [1.165, 1.54) is 24.3 Å². The number of anilines is 2. The molecule has 0 saturated carbocycles. The molecule has 0 saturated heterocycles. The molecule has 0 spiro atoms. The molecule has 1 amide bonds. The van der Waals surface area contributed by atoms with Crippen molar-refractivity contribution in [3.8, 4) is 0 Å². The number of nitrogens with zero attached hydrogens (tertiary/aromatic N) is 2.